The predicted molar refractivity (Wildman–Crippen MR) is 68.3 cm³/mol. The van der Waals surface area contributed by atoms with Gasteiger partial charge < -0.3 is 4.74 Å². The number of methoxy groups -OCH3 is 1. The summed E-state index contributed by atoms with van der Waals surface area (Å²) in [6, 6.07) is 5.41. The molecule has 5 heteroatoms. The van der Waals surface area contributed by atoms with Crippen LogP contribution in [-0.4, -0.2) is 22.6 Å². The highest BCUT2D eigenvalue weighted by molar-refractivity contribution is 7.89. The molecule has 0 aliphatic heterocycles. The van der Waals surface area contributed by atoms with Crippen molar-refractivity contribution in [3.8, 4) is 5.75 Å². The molecule has 3 aliphatic rings. The number of hydrogen-bond donors (Lipinski definition) is 1. The van der Waals surface area contributed by atoms with Crippen LogP contribution < -0.4 is 9.46 Å². The predicted octanol–water partition coefficient (Wildman–Crippen LogP) is 1.65. The Morgan fingerprint density at radius 3 is 2.44 bits per heavy atom. The third-order valence-corrected chi connectivity index (χ3v) is 5.79. The van der Waals surface area contributed by atoms with Crippen LogP contribution in [-0.2, 0) is 15.4 Å². The van der Waals surface area contributed by atoms with Crippen molar-refractivity contribution in [2.45, 2.75) is 29.6 Å². The molecule has 0 spiro atoms. The monoisotopic (exact) mass is 267 g/mol. The molecule has 0 unspecified atom stereocenters. The fraction of sp³-hybridized carbons (Fsp3) is 0.538. The molecule has 18 heavy (non-hydrogen) atoms. The fourth-order valence-electron chi connectivity index (χ4n) is 3.27. The number of nitrogens with one attached hydrogen (secondary N) is 1. The van der Waals surface area contributed by atoms with E-state index in [0.717, 1.165) is 11.5 Å². The van der Waals surface area contributed by atoms with Gasteiger partial charge in [-0.3, -0.25) is 0 Å². The largest absolute Gasteiger partial charge is 0.495 e. The van der Waals surface area contributed by atoms with Gasteiger partial charge in [-0.1, -0.05) is 12.1 Å². The molecule has 0 atom stereocenters. The highest BCUT2D eigenvalue weighted by atomic mass is 32.2. The number of ether oxygens (including phenoxy) is 1. The second-order valence-corrected chi connectivity index (χ2v) is 7.16. The number of hydrogen-bond acceptors (Lipinski definition) is 3. The van der Waals surface area contributed by atoms with Crippen molar-refractivity contribution in [2.75, 3.05) is 14.2 Å². The minimum absolute atomic E-state index is 0.190. The van der Waals surface area contributed by atoms with E-state index in [1.807, 2.05) is 12.1 Å². The van der Waals surface area contributed by atoms with Gasteiger partial charge >= 0.3 is 0 Å². The smallest absolute Gasteiger partial charge is 0.244 e. The number of benzene rings is 1. The first-order valence-corrected chi connectivity index (χ1v) is 7.62. The van der Waals surface area contributed by atoms with Gasteiger partial charge in [0.25, 0.3) is 0 Å². The molecule has 3 aliphatic carbocycles. The molecule has 1 aromatic carbocycles. The first-order chi connectivity index (χ1) is 8.52. The lowest BCUT2D eigenvalue weighted by atomic mass is 9.42. The number of sulfonamides is 1. The summed E-state index contributed by atoms with van der Waals surface area (Å²) in [5.41, 5.74) is 1.25. The standard InChI is InChI=1S/C13H17NO3S/c1-14-18(15,16)11-5-3-4-10(12(11)17-2)13-6-9(7-13)8-13/h3-5,9,14H,6-8H2,1-2H3. The average molecular weight is 267 g/mol. The zero-order chi connectivity index (χ0) is 13.0. The van der Waals surface area contributed by atoms with Gasteiger partial charge in [-0.2, -0.15) is 0 Å². The van der Waals surface area contributed by atoms with Crippen molar-refractivity contribution in [3.63, 3.8) is 0 Å². The van der Waals surface area contributed by atoms with E-state index in [4.69, 9.17) is 4.74 Å². The Labute approximate surface area is 107 Å². The van der Waals surface area contributed by atoms with Crippen molar-refractivity contribution in [1.29, 1.82) is 0 Å². The molecule has 0 aromatic heterocycles. The van der Waals surface area contributed by atoms with Crippen molar-refractivity contribution in [1.82, 2.24) is 4.72 Å². The highest BCUT2D eigenvalue weighted by Crippen LogP contribution is 2.66. The van der Waals surface area contributed by atoms with Crippen LogP contribution in [0.2, 0.25) is 0 Å². The van der Waals surface area contributed by atoms with E-state index in [0.29, 0.717) is 5.75 Å². The lowest BCUT2D eigenvalue weighted by molar-refractivity contribution is -0.0292. The minimum Gasteiger partial charge on any atom is -0.495 e. The van der Waals surface area contributed by atoms with Gasteiger partial charge in [-0.25, -0.2) is 13.1 Å². The maximum Gasteiger partial charge on any atom is 0.244 e. The third-order valence-electron chi connectivity index (χ3n) is 4.35. The quantitative estimate of drug-likeness (QED) is 0.902. The van der Waals surface area contributed by atoms with E-state index in [-0.39, 0.29) is 10.3 Å². The molecule has 3 saturated carbocycles. The number of rotatable bonds is 4. The fourth-order valence-corrected chi connectivity index (χ4v) is 4.19. The highest BCUT2D eigenvalue weighted by Gasteiger charge is 2.58. The molecule has 4 rings (SSSR count). The molecule has 0 saturated heterocycles. The Hall–Kier alpha value is -1.07. The third kappa shape index (κ3) is 1.44. The minimum atomic E-state index is -3.47. The van der Waals surface area contributed by atoms with Gasteiger partial charge in [0, 0.05) is 5.56 Å². The zero-order valence-electron chi connectivity index (χ0n) is 10.6. The van der Waals surface area contributed by atoms with Gasteiger partial charge in [-0.05, 0) is 43.7 Å². The Balaban J connectivity index is 2.14. The van der Waals surface area contributed by atoms with Crippen molar-refractivity contribution < 1.29 is 13.2 Å². The molecule has 3 fully saturated rings. The van der Waals surface area contributed by atoms with Gasteiger partial charge in [0.2, 0.25) is 10.0 Å². The van der Waals surface area contributed by atoms with Crippen molar-refractivity contribution in [3.05, 3.63) is 23.8 Å². The second kappa shape index (κ2) is 3.71. The van der Waals surface area contributed by atoms with Crippen LogP contribution in [0.4, 0.5) is 0 Å². The Bertz CT molecular complexity index is 577. The van der Waals surface area contributed by atoms with Crippen LogP contribution in [0.1, 0.15) is 24.8 Å². The lowest BCUT2D eigenvalue weighted by Gasteiger charge is -2.62. The molecule has 98 valence electrons. The molecular formula is C13H17NO3S. The number of para-hydroxylation sites is 1. The molecular weight excluding hydrogens is 250 g/mol. The molecule has 2 bridgehead atoms. The second-order valence-electron chi connectivity index (χ2n) is 5.30. The van der Waals surface area contributed by atoms with Crippen LogP contribution in [0.3, 0.4) is 0 Å². The van der Waals surface area contributed by atoms with Crippen LogP contribution in [0.15, 0.2) is 23.1 Å². The van der Waals surface area contributed by atoms with Crippen LogP contribution in [0, 0.1) is 5.92 Å². The van der Waals surface area contributed by atoms with E-state index < -0.39 is 10.0 Å². The SMILES string of the molecule is CNS(=O)(=O)c1cccc(C23CC(C2)C3)c1OC. The van der Waals surface area contributed by atoms with E-state index in [1.54, 1.807) is 13.2 Å². The van der Waals surface area contributed by atoms with E-state index in [1.165, 1.54) is 26.3 Å². The summed E-state index contributed by atoms with van der Waals surface area (Å²) in [7, 11) is -0.506. The van der Waals surface area contributed by atoms with Crippen molar-refractivity contribution >= 4 is 10.0 Å². The van der Waals surface area contributed by atoms with Crippen LogP contribution >= 0.6 is 0 Å². The summed E-state index contributed by atoms with van der Waals surface area (Å²) >= 11 is 0. The summed E-state index contributed by atoms with van der Waals surface area (Å²) in [6.45, 7) is 0. The molecule has 1 aromatic rings. The maximum atomic E-state index is 12.0. The van der Waals surface area contributed by atoms with Crippen molar-refractivity contribution in [2.24, 2.45) is 5.92 Å². The summed E-state index contributed by atoms with van der Waals surface area (Å²) in [4.78, 5) is 0.245. The molecule has 1 N–H and O–H groups in total. The van der Waals surface area contributed by atoms with Crippen LogP contribution in [0.5, 0.6) is 5.75 Å². The molecule has 0 radical (unpaired) electrons. The summed E-state index contributed by atoms with van der Waals surface area (Å²) in [5, 5.41) is 0. The van der Waals surface area contributed by atoms with Gasteiger partial charge in [-0.15, -0.1) is 0 Å². The molecule has 4 nitrogen and oxygen atoms in total. The van der Waals surface area contributed by atoms with Gasteiger partial charge in [0.15, 0.2) is 0 Å². The topological polar surface area (TPSA) is 55.4 Å². The Kier molecular flexibility index (Phi) is 2.47. The normalized spacial score (nSPS) is 29.3. The van der Waals surface area contributed by atoms with E-state index >= 15 is 0 Å². The molecule has 0 heterocycles. The first-order valence-electron chi connectivity index (χ1n) is 6.13. The van der Waals surface area contributed by atoms with Gasteiger partial charge in [0.05, 0.1) is 7.11 Å². The maximum absolute atomic E-state index is 12.0. The van der Waals surface area contributed by atoms with Crippen LogP contribution in [0.25, 0.3) is 0 Å². The Morgan fingerprint density at radius 1 is 1.33 bits per heavy atom. The summed E-state index contributed by atoms with van der Waals surface area (Å²) < 4.78 is 31.7. The average Bonchev–Trinajstić information content (AvgIpc) is 2.24. The molecule has 0 amide bonds. The first kappa shape index (κ1) is 12.0. The summed E-state index contributed by atoms with van der Waals surface area (Å²) in [6.07, 6.45) is 3.52. The van der Waals surface area contributed by atoms with E-state index in [2.05, 4.69) is 4.72 Å². The lowest BCUT2D eigenvalue weighted by Crippen LogP contribution is -2.55. The summed E-state index contributed by atoms with van der Waals surface area (Å²) in [5.74, 6) is 1.37. The van der Waals surface area contributed by atoms with E-state index in [9.17, 15) is 8.42 Å². The van der Waals surface area contributed by atoms with Gasteiger partial charge in [0.1, 0.15) is 10.6 Å². The Morgan fingerprint density at radius 2 is 2.00 bits per heavy atom. The zero-order valence-corrected chi connectivity index (χ0v) is 11.4.